The van der Waals surface area contributed by atoms with Crippen LogP contribution in [0.1, 0.15) is 24.2 Å². The van der Waals surface area contributed by atoms with Crippen LogP contribution in [0.4, 0.5) is 4.39 Å². The first-order valence-electron chi connectivity index (χ1n) is 7.70. The van der Waals surface area contributed by atoms with Crippen LogP contribution in [-0.2, 0) is 6.54 Å². The molecule has 1 atom stereocenters. The maximum Gasteiger partial charge on any atom is 0.231 e. The standard InChI is InChI=1S/C18H20FNO3/c1-2-20(11-16(21)14-5-3-4-6-15(14)19)10-13-7-8-17-18(9-13)23-12-22-17/h3-9,16,21H,2,10-12H2,1H3. The molecular formula is C18H20FNO3. The van der Waals surface area contributed by atoms with Crippen LogP contribution < -0.4 is 9.47 Å². The summed E-state index contributed by atoms with van der Waals surface area (Å²) in [5.41, 5.74) is 1.40. The Kier molecular flexibility index (Phi) is 4.79. The summed E-state index contributed by atoms with van der Waals surface area (Å²) >= 11 is 0. The van der Waals surface area contributed by atoms with Gasteiger partial charge in [-0.2, -0.15) is 0 Å². The second-order valence-electron chi connectivity index (χ2n) is 5.55. The van der Waals surface area contributed by atoms with Crippen molar-refractivity contribution in [2.45, 2.75) is 19.6 Å². The predicted octanol–water partition coefficient (Wildman–Crippen LogP) is 3.11. The lowest BCUT2D eigenvalue weighted by atomic mass is 10.1. The van der Waals surface area contributed by atoms with Crippen molar-refractivity contribution in [1.82, 2.24) is 4.90 Å². The highest BCUT2D eigenvalue weighted by Gasteiger charge is 2.18. The highest BCUT2D eigenvalue weighted by atomic mass is 19.1. The third-order valence-electron chi connectivity index (χ3n) is 3.99. The van der Waals surface area contributed by atoms with Crippen molar-refractivity contribution in [2.24, 2.45) is 0 Å². The van der Waals surface area contributed by atoms with Crippen molar-refractivity contribution in [3.05, 3.63) is 59.4 Å². The van der Waals surface area contributed by atoms with E-state index >= 15 is 0 Å². The molecule has 23 heavy (non-hydrogen) atoms. The number of likely N-dealkylation sites (N-methyl/N-ethyl adjacent to an activating group) is 1. The van der Waals surface area contributed by atoms with Crippen molar-refractivity contribution in [3.63, 3.8) is 0 Å². The zero-order valence-corrected chi connectivity index (χ0v) is 13.0. The summed E-state index contributed by atoms with van der Waals surface area (Å²) in [4.78, 5) is 2.06. The van der Waals surface area contributed by atoms with Gasteiger partial charge in [0.1, 0.15) is 5.82 Å². The second-order valence-corrected chi connectivity index (χ2v) is 5.55. The Hall–Kier alpha value is -2.11. The Balaban J connectivity index is 1.67. The number of hydrogen-bond acceptors (Lipinski definition) is 4. The van der Waals surface area contributed by atoms with Gasteiger partial charge in [-0.25, -0.2) is 4.39 Å². The summed E-state index contributed by atoms with van der Waals surface area (Å²) in [5.74, 6) is 1.12. The molecule has 2 aromatic carbocycles. The highest BCUT2D eigenvalue weighted by molar-refractivity contribution is 5.44. The third-order valence-corrected chi connectivity index (χ3v) is 3.99. The Morgan fingerprint density at radius 3 is 2.74 bits per heavy atom. The molecule has 0 amide bonds. The van der Waals surface area contributed by atoms with Crippen LogP contribution in [-0.4, -0.2) is 29.9 Å². The minimum Gasteiger partial charge on any atom is -0.454 e. The van der Waals surface area contributed by atoms with Gasteiger partial charge in [-0.05, 0) is 30.3 Å². The molecule has 0 fully saturated rings. The number of hydrogen-bond donors (Lipinski definition) is 1. The molecule has 2 aromatic rings. The fourth-order valence-corrected chi connectivity index (χ4v) is 2.69. The maximum absolute atomic E-state index is 13.8. The van der Waals surface area contributed by atoms with Crippen LogP contribution in [0.15, 0.2) is 42.5 Å². The third kappa shape index (κ3) is 3.63. The van der Waals surface area contributed by atoms with Crippen molar-refractivity contribution >= 4 is 0 Å². The number of rotatable bonds is 6. The molecule has 5 heteroatoms. The molecule has 1 unspecified atom stereocenters. The van der Waals surface area contributed by atoms with Gasteiger partial charge in [0.2, 0.25) is 6.79 Å². The van der Waals surface area contributed by atoms with E-state index in [1.165, 1.54) is 6.07 Å². The zero-order valence-electron chi connectivity index (χ0n) is 13.0. The number of nitrogens with zero attached hydrogens (tertiary/aromatic N) is 1. The molecule has 1 aliphatic rings. The summed E-state index contributed by atoms with van der Waals surface area (Å²) in [6.07, 6.45) is -0.856. The number of halogens is 1. The molecule has 0 radical (unpaired) electrons. The van der Waals surface area contributed by atoms with E-state index in [9.17, 15) is 9.50 Å². The van der Waals surface area contributed by atoms with E-state index in [1.807, 2.05) is 25.1 Å². The Morgan fingerprint density at radius 1 is 1.17 bits per heavy atom. The van der Waals surface area contributed by atoms with Crippen molar-refractivity contribution in [2.75, 3.05) is 19.9 Å². The quantitative estimate of drug-likeness (QED) is 0.889. The van der Waals surface area contributed by atoms with Gasteiger partial charge in [-0.3, -0.25) is 4.90 Å². The first-order chi connectivity index (χ1) is 11.2. The Bertz CT molecular complexity index is 677. The van der Waals surface area contributed by atoms with E-state index in [0.29, 0.717) is 18.7 Å². The maximum atomic E-state index is 13.8. The molecule has 1 aliphatic heterocycles. The average Bonchev–Trinajstić information content (AvgIpc) is 3.02. The van der Waals surface area contributed by atoms with Crippen LogP contribution in [0, 0.1) is 5.82 Å². The molecule has 122 valence electrons. The normalized spacial score (nSPS) is 14.3. The lowest BCUT2D eigenvalue weighted by Gasteiger charge is -2.24. The van der Waals surface area contributed by atoms with Gasteiger partial charge in [0.15, 0.2) is 11.5 Å². The lowest BCUT2D eigenvalue weighted by Crippen LogP contribution is -2.28. The van der Waals surface area contributed by atoms with Crippen LogP contribution in [0.5, 0.6) is 11.5 Å². The molecule has 0 saturated heterocycles. The average molecular weight is 317 g/mol. The molecule has 0 bridgehead atoms. The number of aliphatic hydroxyl groups excluding tert-OH is 1. The molecule has 0 saturated carbocycles. The SMILES string of the molecule is CCN(Cc1ccc2c(c1)OCO2)CC(O)c1ccccc1F. The van der Waals surface area contributed by atoms with Gasteiger partial charge >= 0.3 is 0 Å². The molecule has 3 rings (SSSR count). The lowest BCUT2D eigenvalue weighted by molar-refractivity contribution is 0.109. The van der Waals surface area contributed by atoms with Crippen molar-refractivity contribution < 1.29 is 19.0 Å². The van der Waals surface area contributed by atoms with Gasteiger partial charge in [0.05, 0.1) is 6.10 Å². The molecule has 4 nitrogen and oxygen atoms in total. The molecule has 0 spiro atoms. The summed E-state index contributed by atoms with van der Waals surface area (Å²) in [5, 5.41) is 10.3. The Morgan fingerprint density at radius 2 is 1.96 bits per heavy atom. The topological polar surface area (TPSA) is 41.9 Å². The molecule has 0 aromatic heterocycles. The molecule has 1 heterocycles. The number of fused-ring (bicyclic) bond motifs is 1. The fraction of sp³-hybridized carbons (Fsp3) is 0.333. The van der Waals surface area contributed by atoms with Crippen LogP contribution in [0.25, 0.3) is 0 Å². The van der Waals surface area contributed by atoms with E-state index in [2.05, 4.69) is 4.90 Å². The van der Waals surface area contributed by atoms with Gasteiger partial charge in [-0.15, -0.1) is 0 Å². The summed E-state index contributed by atoms with van der Waals surface area (Å²) in [7, 11) is 0. The van der Waals surface area contributed by atoms with Gasteiger partial charge in [0, 0.05) is 18.7 Å². The second kappa shape index (κ2) is 6.98. The number of benzene rings is 2. The van der Waals surface area contributed by atoms with Crippen LogP contribution in [0.3, 0.4) is 0 Å². The number of aliphatic hydroxyl groups is 1. The molecule has 1 N–H and O–H groups in total. The Labute approximate surface area is 135 Å². The van der Waals surface area contributed by atoms with Crippen LogP contribution in [0.2, 0.25) is 0 Å². The van der Waals surface area contributed by atoms with E-state index < -0.39 is 6.10 Å². The van der Waals surface area contributed by atoms with E-state index in [1.54, 1.807) is 18.2 Å². The smallest absolute Gasteiger partial charge is 0.231 e. The van der Waals surface area contributed by atoms with E-state index in [0.717, 1.165) is 23.6 Å². The monoisotopic (exact) mass is 317 g/mol. The van der Waals surface area contributed by atoms with Gasteiger partial charge < -0.3 is 14.6 Å². The minimum atomic E-state index is -0.856. The van der Waals surface area contributed by atoms with Crippen molar-refractivity contribution in [1.29, 1.82) is 0 Å². The summed E-state index contributed by atoms with van der Waals surface area (Å²) < 4.78 is 24.4. The summed E-state index contributed by atoms with van der Waals surface area (Å²) in [6.45, 7) is 4.04. The van der Waals surface area contributed by atoms with Crippen molar-refractivity contribution in [3.8, 4) is 11.5 Å². The van der Waals surface area contributed by atoms with E-state index in [-0.39, 0.29) is 12.6 Å². The van der Waals surface area contributed by atoms with E-state index in [4.69, 9.17) is 9.47 Å². The van der Waals surface area contributed by atoms with Gasteiger partial charge in [0.25, 0.3) is 0 Å². The highest BCUT2D eigenvalue weighted by Crippen LogP contribution is 2.33. The van der Waals surface area contributed by atoms with Gasteiger partial charge in [-0.1, -0.05) is 31.2 Å². The molecule has 0 aliphatic carbocycles. The predicted molar refractivity (Wildman–Crippen MR) is 84.9 cm³/mol. The minimum absolute atomic E-state index is 0.252. The fourth-order valence-electron chi connectivity index (χ4n) is 2.69. The first-order valence-corrected chi connectivity index (χ1v) is 7.70. The molecular weight excluding hydrogens is 297 g/mol. The number of ether oxygens (including phenoxy) is 2. The zero-order chi connectivity index (χ0) is 16.2. The first kappa shape index (κ1) is 15.8. The largest absolute Gasteiger partial charge is 0.454 e. The summed E-state index contributed by atoms with van der Waals surface area (Å²) in [6, 6.07) is 12.2. The van der Waals surface area contributed by atoms with Crippen LogP contribution >= 0.6 is 0 Å².